The van der Waals surface area contributed by atoms with Crippen LogP contribution >= 0.6 is 19.8 Å². The molecular weight excluding hydrogens is 394 g/mol. The fraction of sp³-hybridized carbons (Fsp3) is 0.143. The third kappa shape index (κ3) is 3.78. The minimum Gasteiger partial charge on any atom is -0.404 e. The number of halogens is 4. The minimum atomic E-state index is -5.14. The van der Waals surface area contributed by atoms with Crippen LogP contribution in [0.25, 0.3) is 0 Å². The van der Waals surface area contributed by atoms with Gasteiger partial charge in [-0.2, -0.15) is 0 Å². The SMILES string of the molecule is NS(=O)(=O)c1cccc(OC(F)(F)F)c1I(=O)=O. The van der Waals surface area contributed by atoms with Crippen LogP contribution in [0.3, 0.4) is 0 Å². The monoisotopic (exact) mass is 399 g/mol. The van der Waals surface area contributed by atoms with Gasteiger partial charge in [0, 0.05) is 0 Å². The molecule has 0 aliphatic heterocycles. The number of sulfonamides is 1. The number of alkyl halides is 3. The Hall–Kier alpha value is -0.950. The maximum Gasteiger partial charge on any atom is 0.573 e. The number of primary sulfonamides is 1. The second kappa shape index (κ2) is 4.97. The third-order valence-corrected chi connectivity index (χ3v) is 4.93. The topological polar surface area (TPSA) is 104 Å². The Morgan fingerprint density at radius 3 is 2.17 bits per heavy atom. The summed E-state index contributed by atoms with van der Waals surface area (Å²) in [6, 6.07) is 2.37. The van der Waals surface area contributed by atoms with Gasteiger partial charge in [-0.25, -0.2) is 19.7 Å². The van der Waals surface area contributed by atoms with Crippen LogP contribution in [0.5, 0.6) is 5.75 Å². The molecule has 1 aromatic rings. The molecule has 0 heterocycles. The van der Waals surface area contributed by atoms with Gasteiger partial charge in [0.2, 0.25) is 10.0 Å². The van der Waals surface area contributed by atoms with Crippen LogP contribution in [-0.4, -0.2) is 14.8 Å². The molecule has 0 spiro atoms. The molecule has 0 unspecified atom stereocenters. The zero-order chi connectivity index (χ0) is 14.1. The predicted molar refractivity (Wildman–Crippen MR) is 58.6 cm³/mol. The van der Waals surface area contributed by atoms with Crippen molar-refractivity contribution in [3.63, 3.8) is 0 Å². The van der Waals surface area contributed by atoms with Crippen LogP contribution in [0.1, 0.15) is 0 Å². The highest BCUT2D eigenvalue weighted by Crippen LogP contribution is 2.36. The van der Waals surface area contributed by atoms with Crippen molar-refractivity contribution in [3.8, 4) is 5.75 Å². The van der Waals surface area contributed by atoms with Crippen LogP contribution in [0, 0.1) is 3.57 Å². The summed E-state index contributed by atoms with van der Waals surface area (Å²) in [4.78, 5) is -0.917. The highest BCUT2D eigenvalue weighted by Gasteiger charge is 2.34. The first-order valence-electron chi connectivity index (χ1n) is 3.99. The fourth-order valence-electron chi connectivity index (χ4n) is 1.07. The lowest BCUT2D eigenvalue weighted by molar-refractivity contribution is -0.275. The highest BCUT2D eigenvalue weighted by atomic mass is 127. The molecule has 6 nitrogen and oxygen atoms in total. The lowest BCUT2D eigenvalue weighted by atomic mass is 10.3. The van der Waals surface area contributed by atoms with Crippen LogP contribution in [0.15, 0.2) is 23.1 Å². The van der Waals surface area contributed by atoms with Crippen LogP contribution in [0.4, 0.5) is 13.2 Å². The number of nitrogens with two attached hydrogens (primary N) is 1. The first-order chi connectivity index (χ1) is 8.02. The van der Waals surface area contributed by atoms with Crippen molar-refractivity contribution in [2.45, 2.75) is 11.3 Å². The summed E-state index contributed by atoms with van der Waals surface area (Å²) < 4.78 is 82.5. The van der Waals surface area contributed by atoms with Gasteiger partial charge in [-0.05, 0) is 12.1 Å². The van der Waals surface area contributed by atoms with Crippen molar-refractivity contribution in [1.29, 1.82) is 0 Å². The van der Waals surface area contributed by atoms with E-state index in [1.54, 1.807) is 0 Å². The summed E-state index contributed by atoms with van der Waals surface area (Å²) in [6.07, 6.45) is -5.14. The van der Waals surface area contributed by atoms with E-state index in [-0.39, 0.29) is 0 Å². The number of hydrogen-bond acceptors (Lipinski definition) is 5. The normalized spacial score (nSPS) is 12.7. The van der Waals surface area contributed by atoms with E-state index in [0.717, 1.165) is 12.1 Å². The number of rotatable bonds is 3. The smallest absolute Gasteiger partial charge is 0.404 e. The van der Waals surface area contributed by atoms with E-state index in [1.165, 1.54) is 0 Å². The Labute approximate surface area is 106 Å². The summed E-state index contributed by atoms with van der Waals surface area (Å²) >= 11 is -4.56. The molecular formula is C7H5F3INO5S. The van der Waals surface area contributed by atoms with Gasteiger partial charge in [-0.1, -0.05) is 6.07 Å². The molecule has 0 aliphatic carbocycles. The van der Waals surface area contributed by atoms with Crippen molar-refractivity contribution in [1.82, 2.24) is 0 Å². The van der Waals surface area contributed by atoms with E-state index >= 15 is 0 Å². The van der Waals surface area contributed by atoms with E-state index < -0.39 is 50.4 Å². The van der Waals surface area contributed by atoms with Crippen LogP contribution in [-0.2, 0) is 16.2 Å². The zero-order valence-corrected chi connectivity index (χ0v) is 11.2. The Morgan fingerprint density at radius 1 is 1.22 bits per heavy atom. The van der Waals surface area contributed by atoms with E-state index in [2.05, 4.69) is 4.74 Å². The summed E-state index contributed by atoms with van der Waals surface area (Å²) in [5, 5.41) is 4.71. The molecule has 0 aliphatic rings. The van der Waals surface area contributed by atoms with Gasteiger partial charge in [0.05, 0.1) is 0 Å². The zero-order valence-electron chi connectivity index (χ0n) is 8.27. The average molecular weight is 399 g/mol. The first kappa shape index (κ1) is 15.1. The standard InChI is InChI=1S/C7H5F3INO5S/c8-7(9,10)17-4-2-1-3-5(18(12,15)16)6(4)11(13)14/h1-3H,(H2,12,15,16). The highest BCUT2D eigenvalue weighted by molar-refractivity contribution is 14.2. The van der Waals surface area contributed by atoms with E-state index in [9.17, 15) is 27.7 Å². The summed E-state index contributed by atoms with van der Waals surface area (Å²) in [5.74, 6) is -1.11. The van der Waals surface area contributed by atoms with Crippen molar-refractivity contribution in [2.75, 3.05) is 0 Å². The van der Waals surface area contributed by atoms with Gasteiger partial charge < -0.3 is 4.74 Å². The largest absolute Gasteiger partial charge is 0.573 e. The van der Waals surface area contributed by atoms with Crippen molar-refractivity contribution >= 4 is 29.8 Å². The van der Waals surface area contributed by atoms with Gasteiger partial charge >= 0.3 is 26.2 Å². The van der Waals surface area contributed by atoms with E-state index in [1.807, 2.05) is 0 Å². The lowest BCUT2D eigenvalue weighted by Crippen LogP contribution is -2.20. The average Bonchev–Trinajstić information content (AvgIpc) is 2.12. The van der Waals surface area contributed by atoms with Gasteiger partial charge in [-0.3, -0.25) is 0 Å². The molecule has 0 aromatic heterocycles. The molecule has 0 amide bonds. The van der Waals surface area contributed by atoms with Gasteiger partial charge in [-0.15, -0.1) is 13.2 Å². The third-order valence-electron chi connectivity index (χ3n) is 1.61. The van der Waals surface area contributed by atoms with E-state index in [0.29, 0.717) is 6.07 Å². The predicted octanol–water partition coefficient (Wildman–Crippen LogP) is 1.60. The van der Waals surface area contributed by atoms with Crippen LogP contribution in [0.2, 0.25) is 0 Å². The summed E-state index contributed by atoms with van der Waals surface area (Å²) in [5.41, 5.74) is 0. The van der Waals surface area contributed by atoms with Crippen molar-refractivity contribution < 1.29 is 32.5 Å². The molecule has 2 N–H and O–H groups in total. The molecule has 18 heavy (non-hydrogen) atoms. The Kier molecular flexibility index (Phi) is 4.17. The Morgan fingerprint density at radius 2 is 1.78 bits per heavy atom. The molecule has 0 bridgehead atoms. The van der Waals surface area contributed by atoms with Gasteiger partial charge in [0.1, 0.15) is 14.2 Å². The maximum atomic E-state index is 12.0. The van der Waals surface area contributed by atoms with Crippen molar-refractivity contribution in [3.05, 3.63) is 21.8 Å². The summed E-state index contributed by atoms with van der Waals surface area (Å²) in [6.45, 7) is 0. The second-order valence-electron chi connectivity index (χ2n) is 2.88. The number of benzene rings is 1. The fourth-order valence-corrected chi connectivity index (χ4v) is 4.37. The minimum absolute atomic E-state index is 0.692. The lowest BCUT2D eigenvalue weighted by Gasteiger charge is -2.11. The first-order valence-corrected chi connectivity index (χ1v) is 8.38. The number of hydrogen-bond donors (Lipinski definition) is 1. The molecule has 0 radical (unpaired) electrons. The molecule has 0 saturated carbocycles. The second-order valence-corrected chi connectivity index (χ2v) is 6.73. The molecule has 0 fully saturated rings. The molecule has 11 heteroatoms. The van der Waals surface area contributed by atoms with Crippen molar-refractivity contribution in [2.24, 2.45) is 5.14 Å². The van der Waals surface area contributed by atoms with E-state index in [4.69, 9.17) is 5.14 Å². The quantitative estimate of drug-likeness (QED) is 0.778. The summed E-state index contributed by atoms with van der Waals surface area (Å²) in [7, 11) is -4.46. The Bertz CT molecular complexity index is 629. The Balaban J connectivity index is 3.56. The van der Waals surface area contributed by atoms with Crippen LogP contribution < -0.4 is 9.88 Å². The molecule has 1 aromatic carbocycles. The molecule has 0 saturated heterocycles. The number of ether oxygens (including phenoxy) is 1. The maximum absolute atomic E-state index is 12.0. The molecule has 102 valence electrons. The van der Waals surface area contributed by atoms with Gasteiger partial charge in [0.25, 0.3) is 0 Å². The molecule has 0 atom stereocenters. The molecule has 1 rings (SSSR count). The van der Waals surface area contributed by atoms with Gasteiger partial charge in [0.15, 0.2) is 0 Å².